The molecule has 0 radical (unpaired) electrons. The molecule has 0 heterocycles. The van der Waals surface area contributed by atoms with E-state index in [-0.39, 0.29) is 18.8 Å². The quantitative estimate of drug-likeness (QED) is 0.831. The van der Waals surface area contributed by atoms with Crippen molar-refractivity contribution >= 4 is 10.0 Å². The highest BCUT2D eigenvalue weighted by molar-refractivity contribution is 7.89. The first kappa shape index (κ1) is 14.2. The van der Waals surface area contributed by atoms with Crippen molar-refractivity contribution in [3.63, 3.8) is 0 Å². The molecule has 96 valence electrons. The molecule has 0 aliphatic rings. The zero-order valence-electron chi connectivity index (χ0n) is 10.3. The lowest BCUT2D eigenvalue weighted by Crippen LogP contribution is -2.29. The lowest BCUT2D eigenvalue weighted by molar-refractivity contribution is 0.294. The summed E-state index contributed by atoms with van der Waals surface area (Å²) < 4.78 is 24.9. The molecule has 1 aromatic carbocycles. The fourth-order valence-corrected chi connectivity index (χ4v) is 2.72. The molecule has 0 amide bonds. The van der Waals surface area contributed by atoms with Crippen molar-refractivity contribution in [2.75, 3.05) is 19.4 Å². The molecule has 0 saturated carbocycles. The molecule has 0 atom stereocenters. The van der Waals surface area contributed by atoms with Crippen LogP contribution in [0.3, 0.4) is 0 Å². The van der Waals surface area contributed by atoms with Gasteiger partial charge >= 0.3 is 0 Å². The standard InChI is InChI=1S/C12H19NO3S/c1-11-5-3-6-12(9-11)10-13(2)17(15,16)8-4-7-14/h3,5-6,9,14H,4,7-8,10H2,1-2H3. The van der Waals surface area contributed by atoms with Crippen LogP contribution in [0.15, 0.2) is 24.3 Å². The second kappa shape index (κ2) is 6.14. The van der Waals surface area contributed by atoms with Gasteiger partial charge in [0.1, 0.15) is 0 Å². The first-order valence-corrected chi connectivity index (χ1v) is 7.17. The van der Waals surface area contributed by atoms with Crippen LogP contribution in [-0.4, -0.2) is 37.2 Å². The average Bonchev–Trinajstić information content (AvgIpc) is 2.26. The van der Waals surface area contributed by atoms with Gasteiger partial charge in [-0.05, 0) is 18.9 Å². The monoisotopic (exact) mass is 257 g/mol. The van der Waals surface area contributed by atoms with Crippen molar-refractivity contribution in [1.29, 1.82) is 0 Å². The van der Waals surface area contributed by atoms with Gasteiger partial charge in [-0.25, -0.2) is 12.7 Å². The van der Waals surface area contributed by atoms with E-state index in [0.717, 1.165) is 11.1 Å². The molecular weight excluding hydrogens is 238 g/mol. The molecular formula is C12H19NO3S. The number of benzene rings is 1. The fourth-order valence-electron chi connectivity index (χ4n) is 1.57. The maximum Gasteiger partial charge on any atom is 0.214 e. The van der Waals surface area contributed by atoms with Crippen LogP contribution in [0.1, 0.15) is 17.5 Å². The van der Waals surface area contributed by atoms with Crippen molar-refractivity contribution in [2.24, 2.45) is 0 Å². The molecule has 0 saturated heterocycles. The second-order valence-electron chi connectivity index (χ2n) is 4.14. The number of aliphatic hydroxyl groups excluding tert-OH is 1. The Morgan fingerprint density at radius 3 is 2.65 bits per heavy atom. The van der Waals surface area contributed by atoms with Gasteiger partial charge in [0.25, 0.3) is 0 Å². The minimum absolute atomic E-state index is 0.00812. The van der Waals surface area contributed by atoms with Gasteiger partial charge in [-0.15, -0.1) is 0 Å². The molecule has 1 rings (SSSR count). The summed E-state index contributed by atoms with van der Waals surface area (Å²) >= 11 is 0. The fraction of sp³-hybridized carbons (Fsp3) is 0.500. The Morgan fingerprint density at radius 1 is 1.35 bits per heavy atom. The summed E-state index contributed by atoms with van der Waals surface area (Å²) in [5.74, 6) is -0.00812. The lowest BCUT2D eigenvalue weighted by Gasteiger charge is -2.17. The van der Waals surface area contributed by atoms with Gasteiger partial charge in [0, 0.05) is 20.2 Å². The van der Waals surface area contributed by atoms with E-state index in [1.54, 1.807) is 7.05 Å². The molecule has 5 heteroatoms. The number of sulfonamides is 1. The Balaban J connectivity index is 2.68. The zero-order valence-corrected chi connectivity index (χ0v) is 11.1. The molecule has 0 aromatic heterocycles. The summed E-state index contributed by atoms with van der Waals surface area (Å²) in [5, 5.41) is 8.65. The molecule has 0 spiro atoms. The summed E-state index contributed by atoms with van der Waals surface area (Å²) in [6.07, 6.45) is 0.278. The van der Waals surface area contributed by atoms with Crippen LogP contribution in [0.2, 0.25) is 0 Å². The van der Waals surface area contributed by atoms with E-state index in [1.165, 1.54) is 4.31 Å². The van der Waals surface area contributed by atoms with E-state index in [0.29, 0.717) is 6.54 Å². The van der Waals surface area contributed by atoms with Crippen molar-refractivity contribution in [3.05, 3.63) is 35.4 Å². The van der Waals surface area contributed by atoms with Gasteiger partial charge in [-0.2, -0.15) is 0 Å². The smallest absolute Gasteiger partial charge is 0.214 e. The van der Waals surface area contributed by atoms with Gasteiger partial charge in [0.05, 0.1) is 5.75 Å². The molecule has 0 unspecified atom stereocenters. The third kappa shape index (κ3) is 4.46. The minimum Gasteiger partial charge on any atom is -0.396 e. The Labute approximate surface area is 103 Å². The number of hydrogen-bond acceptors (Lipinski definition) is 3. The largest absolute Gasteiger partial charge is 0.396 e. The Hall–Kier alpha value is -0.910. The van der Waals surface area contributed by atoms with Gasteiger partial charge in [0.15, 0.2) is 0 Å². The summed E-state index contributed by atoms with van der Waals surface area (Å²) in [6, 6.07) is 7.77. The van der Waals surface area contributed by atoms with Crippen LogP contribution in [0, 0.1) is 6.92 Å². The predicted molar refractivity (Wildman–Crippen MR) is 68.1 cm³/mol. The van der Waals surface area contributed by atoms with E-state index in [1.807, 2.05) is 31.2 Å². The van der Waals surface area contributed by atoms with Crippen LogP contribution >= 0.6 is 0 Å². The number of rotatable bonds is 6. The number of aliphatic hydroxyl groups is 1. The molecule has 17 heavy (non-hydrogen) atoms. The van der Waals surface area contributed by atoms with Gasteiger partial charge in [0.2, 0.25) is 10.0 Å². The van der Waals surface area contributed by atoms with Crippen molar-refractivity contribution in [3.8, 4) is 0 Å². The Kier molecular flexibility index (Phi) is 5.11. The molecule has 0 fully saturated rings. The van der Waals surface area contributed by atoms with Gasteiger partial charge in [-0.1, -0.05) is 29.8 Å². The van der Waals surface area contributed by atoms with E-state index in [9.17, 15) is 8.42 Å². The van der Waals surface area contributed by atoms with E-state index < -0.39 is 10.0 Å². The van der Waals surface area contributed by atoms with Crippen molar-refractivity contribution in [1.82, 2.24) is 4.31 Å². The Bertz CT molecular complexity index is 457. The molecule has 0 bridgehead atoms. The first-order chi connectivity index (χ1) is 7.95. The zero-order chi connectivity index (χ0) is 12.9. The van der Waals surface area contributed by atoms with Crippen LogP contribution in [0.5, 0.6) is 0 Å². The molecule has 0 aliphatic heterocycles. The second-order valence-corrected chi connectivity index (χ2v) is 6.33. The maximum absolute atomic E-state index is 11.8. The number of nitrogens with zero attached hydrogens (tertiary/aromatic N) is 1. The van der Waals surface area contributed by atoms with Crippen molar-refractivity contribution < 1.29 is 13.5 Å². The first-order valence-electron chi connectivity index (χ1n) is 5.56. The molecule has 0 aliphatic carbocycles. The molecule has 1 N–H and O–H groups in total. The third-order valence-corrected chi connectivity index (χ3v) is 4.41. The summed E-state index contributed by atoms with van der Waals surface area (Å²) in [7, 11) is -1.70. The average molecular weight is 257 g/mol. The molecule has 4 nitrogen and oxygen atoms in total. The summed E-state index contributed by atoms with van der Waals surface area (Å²) in [5.41, 5.74) is 2.09. The third-order valence-electron chi connectivity index (χ3n) is 2.52. The highest BCUT2D eigenvalue weighted by Crippen LogP contribution is 2.10. The lowest BCUT2D eigenvalue weighted by atomic mass is 10.1. The van der Waals surface area contributed by atoms with Gasteiger partial charge in [-0.3, -0.25) is 0 Å². The van der Waals surface area contributed by atoms with Crippen LogP contribution < -0.4 is 0 Å². The number of hydrogen-bond donors (Lipinski definition) is 1. The topological polar surface area (TPSA) is 57.6 Å². The molecule has 1 aromatic rings. The summed E-state index contributed by atoms with van der Waals surface area (Å²) in [4.78, 5) is 0. The van der Waals surface area contributed by atoms with Crippen molar-refractivity contribution in [2.45, 2.75) is 19.9 Å². The van der Waals surface area contributed by atoms with Crippen LogP contribution in [-0.2, 0) is 16.6 Å². The van der Waals surface area contributed by atoms with E-state index in [2.05, 4.69) is 0 Å². The highest BCUT2D eigenvalue weighted by Gasteiger charge is 2.17. The number of aryl methyl sites for hydroxylation is 1. The van der Waals surface area contributed by atoms with Gasteiger partial charge < -0.3 is 5.11 Å². The minimum atomic E-state index is -3.26. The predicted octanol–water partition coefficient (Wildman–Crippen LogP) is 1.14. The normalized spacial score (nSPS) is 12.0. The van der Waals surface area contributed by atoms with E-state index in [4.69, 9.17) is 5.11 Å². The van der Waals surface area contributed by atoms with Crippen LogP contribution in [0.25, 0.3) is 0 Å². The Morgan fingerprint density at radius 2 is 2.06 bits per heavy atom. The highest BCUT2D eigenvalue weighted by atomic mass is 32.2. The van der Waals surface area contributed by atoms with Crippen LogP contribution in [0.4, 0.5) is 0 Å². The van der Waals surface area contributed by atoms with E-state index >= 15 is 0 Å². The SMILES string of the molecule is Cc1cccc(CN(C)S(=O)(=O)CCCO)c1. The summed E-state index contributed by atoms with van der Waals surface area (Å²) in [6.45, 7) is 2.25. The maximum atomic E-state index is 11.8.